The summed E-state index contributed by atoms with van der Waals surface area (Å²) in [5, 5.41) is 3.28. The van der Waals surface area contributed by atoms with Crippen LogP contribution in [0.1, 0.15) is 45.4 Å². The molecule has 0 heterocycles. The molecule has 0 spiro atoms. The topological polar surface area (TPSA) is 29.1 Å². The van der Waals surface area contributed by atoms with E-state index in [4.69, 9.17) is 0 Å². The van der Waals surface area contributed by atoms with Crippen LogP contribution in [0.4, 0.5) is 0 Å². The average molecular weight is 168 g/mol. The van der Waals surface area contributed by atoms with Crippen LogP contribution in [0.15, 0.2) is 0 Å². The van der Waals surface area contributed by atoms with Crippen molar-refractivity contribution in [2.45, 2.75) is 57.5 Å². The van der Waals surface area contributed by atoms with Gasteiger partial charge in [-0.3, -0.25) is 4.79 Å². The number of nitrogens with one attached hydrogen (secondary N) is 1. The summed E-state index contributed by atoms with van der Waals surface area (Å²) in [6.07, 6.45) is 9.76. The Bertz CT molecular complexity index is 128. The van der Waals surface area contributed by atoms with Crippen LogP contribution in [0.25, 0.3) is 0 Å². The van der Waals surface area contributed by atoms with Crippen LogP contribution in [-0.2, 0) is 4.79 Å². The summed E-state index contributed by atoms with van der Waals surface area (Å²) in [5.41, 5.74) is 0. The van der Waals surface area contributed by atoms with Crippen LogP contribution in [0.3, 0.4) is 0 Å². The molecule has 69 valence electrons. The molecule has 0 bridgehead atoms. The molecule has 1 saturated carbocycles. The first-order valence-corrected chi connectivity index (χ1v) is 4.96. The Labute approximate surface area is 74.7 Å². The van der Waals surface area contributed by atoms with E-state index in [1.165, 1.54) is 38.5 Å². The van der Waals surface area contributed by atoms with Gasteiger partial charge in [0.25, 0.3) is 0 Å². The Morgan fingerprint density at radius 1 is 1.25 bits per heavy atom. The molecule has 1 N–H and O–H groups in total. The SMILES string of the molecule is C[C@@H]([C]=O)NC1CCCCCC1. The van der Waals surface area contributed by atoms with Crippen molar-refractivity contribution >= 4 is 6.29 Å². The minimum absolute atomic E-state index is 0.0897. The molecule has 0 saturated heterocycles. The van der Waals surface area contributed by atoms with Gasteiger partial charge in [0.1, 0.15) is 0 Å². The molecule has 2 heteroatoms. The van der Waals surface area contributed by atoms with Gasteiger partial charge in [-0.1, -0.05) is 25.7 Å². The molecule has 1 aliphatic carbocycles. The van der Waals surface area contributed by atoms with Crippen molar-refractivity contribution in [2.75, 3.05) is 0 Å². The van der Waals surface area contributed by atoms with Crippen molar-refractivity contribution < 1.29 is 4.79 Å². The van der Waals surface area contributed by atoms with Crippen LogP contribution in [0, 0.1) is 0 Å². The molecular weight excluding hydrogens is 150 g/mol. The molecular formula is C10H18NO. The summed E-state index contributed by atoms with van der Waals surface area (Å²) < 4.78 is 0. The van der Waals surface area contributed by atoms with Crippen molar-refractivity contribution in [3.8, 4) is 0 Å². The molecule has 0 aromatic rings. The van der Waals surface area contributed by atoms with E-state index in [1.54, 1.807) is 0 Å². The third-order valence-corrected chi connectivity index (χ3v) is 2.52. The van der Waals surface area contributed by atoms with Crippen molar-refractivity contribution in [2.24, 2.45) is 0 Å². The van der Waals surface area contributed by atoms with E-state index < -0.39 is 0 Å². The van der Waals surface area contributed by atoms with Crippen LogP contribution >= 0.6 is 0 Å². The van der Waals surface area contributed by atoms with Gasteiger partial charge in [-0.25, -0.2) is 0 Å². The summed E-state index contributed by atoms with van der Waals surface area (Å²) in [4.78, 5) is 10.3. The fourth-order valence-electron chi connectivity index (χ4n) is 1.83. The second-order valence-electron chi connectivity index (χ2n) is 3.69. The molecule has 1 radical (unpaired) electrons. The van der Waals surface area contributed by atoms with Crippen molar-refractivity contribution in [3.05, 3.63) is 0 Å². The molecule has 0 amide bonds. The average Bonchev–Trinajstić information content (AvgIpc) is 2.33. The normalized spacial score (nSPS) is 23.1. The first kappa shape index (κ1) is 9.72. The van der Waals surface area contributed by atoms with E-state index in [0.717, 1.165) is 0 Å². The molecule has 1 atom stereocenters. The lowest BCUT2D eigenvalue weighted by Gasteiger charge is -2.17. The highest BCUT2D eigenvalue weighted by molar-refractivity contribution is 5.57. The maximum absolute atomic E-state index is 10.3. The number of carbonyl (C=O) groups excluding carboxylic acids is 1. The maximum atomic E-state index is 10.3. The van der Waals surface area contributed by atoms with Gasteiger partial charge in [0, 0.05) is 6.04 Å². The molecule has 2 nitrogen and oxygen atoms in total. The van der Waals surface area contributed by atoms with Gasteiger partial charge in [-0.2, -0.15) is 0 Å². The Morgan fingerprint density at radius 2 is 1.83 bits per heavy atom. The monoisotopic (exact) mass is 168 g/mol. The van der Waals surface area contributed by atoms with Crippen LogP contribution in [-0.4, -0.2) is 18.4 Å². The van der Waals surface area contributed by atoms with Crippen LogP contribution in [0.2, 0.25) is 0 Å². The molecule has 12 heavy (non-hydrogen) atoms. The van der Waals surface area contributed by atoms with E-state index in [1.807, 2.05) is 13.2 Å². The van der Waals surface area contributed by atoms with Gasteiger partial charge in [0.2, 0.25) is 6.29 Å². The highest BCUT2D eigenvalue weighted by atomic mass is 16.1. The molecule has 0 aliphatic heterocycles. The Balaban J connectivity index is 2.24. The number of hydrogen-bond donors (Lipinski definition) is 1. The second-order valence-corrected chi connectivity index (χ2v) is 3.69. The Hall–Kier alpha value is -0.370. The second kappa shape index (κ2) is 5.31. The van der Waals surface area contributed by atoms with Gasteiger partial charge >= 0.3 is 0 Å². The summed E-state index contributed by atoms with van der Waals surface area (Å²) >= 11 is 0. The van der Waals surface area contributed by atoms with Gasteiger partial charge in [-0.05, 0) is 19.8 Å². The first-order chi connectivity index (χ1) is 5.83. The fraction of sp³-hybridized carbons (Fsp3) is 0.900. The lowest BCUT2D eigenvalue weighted by Crippen LogP contribution is -2.36. The van der Waals surface area contributed by atoms with Crippen molar-refractivity contribution in [1.82, 2.24) is 5.32 Å². The number of hydrogen-bond acceptors (Lipinski definition) is 2. The Morgan fingerprint density at radius 3 is 2.33 bits per heavy atom. The third-order valence-electron chi connectivity index (χ3n) is 2.52. The maximum Gasteiger partial charge on any atom is 0.216 e. The summed E-state index contributed by atoms with van der Waals surface area (Å²) in [6, 6.07) is 0.469. The molecule has 1 rings (SSSR count). The minimum atomic E-state index is -0.0897. The lowest BCUT2D eigenvalue weighted by atomic mass is 10.1. The zero-order chi connectivity index (χ0) is 8.81. The fourth-order valence-corrected chi connectivity index (χ4v) is 1.83. The largest absolute Gasteiger partial charge is 0.305 e. The predicted molar refractivity (Wildman–Crippen MR) is 49.8 cm³/mol. The minimum Gasteiger partial charge on any atom is -0.305 e. The summed E-state index contributed by atoms with van der Waals surface area (Å²) in [6.45, 7) is 1.87. The lowest BCUT2D eigenvalue weighted by molar-refractivity contribution is 0.434. The van der Waals surface area contributed by atoms with Crippen LogP contribution < -0.4 is 5.32 Å². The zero-order valence-corrected chi connectivity index (χ0v) is 7.81. The molecule has 0 aromatic heterocycles. The van der Waals surface area contributed by atoms with E-state index >= 15 is 0 Å². The van der Waals surface area contributed by atoms with E-state index in [-0.39, 0.29) is 6.04 Å². The predicted octanol–water partition coefficient (Wildman–Crippen LogP) is 1.80. The van der Waals surface area contributed by atoms with E-state index in [2.05, 4.69) is 5.32 Å². The smallest absolute Gasteiger partial charge is 0.216 e. The van der Waals surface area contributed by atoms with Crippen molar-refractivity contribution in [3.63, 3.8) is 0 Å². The van der Waals surface area contributed by atoms with Crippen molar-refractivity contribution in [1.29, 1.82) is 0 Å². The quantitative estimate of drug-likeness (QED) is 0.651. The highest BCUT2D eigenvalue weighted by Crippen LogP contribution is 2.17. The highest BCUT2D eigenvalue weighted by Gasteiger charge is 2.13. The Kier molecular flexibility index (Phi) is 4.30. The van der Waals surface area contributed by atoms with Gasteiger partial charge in [0.15, 0.2) is 0 Å². The third kappa shape index (κ3) is 3.35. The van der Waals surface area contributed by atoms with Gasteiger partial charge < -0.3 is 5.32 Å². The standard InChI is InChI=1S/C10H18NO/c1-9(8-12)11-10-6-4-2-3-5-7-10/h9-11H,2-7H2,1H3/t9-/m0/s1. The molecule has 0 aromatic carbocycles. The van der Waals surface area contributed by atoms with E-state index in [0.29, 0.717) is 6.04 Å². The van der Waals surface area contributed by atoms with Crippen LogP contribution in [0.5, 0.6) is 0 Å². The van der Waals surface area contributed by atoms with Gasteiger partial charge in [-0.15, -0.1) is 0 Å². The molecule has 1 fully saturated rings. The zero-order valence-electron chi connectivity index (χ0n) is 7.81. The summed E-state index contributed by atoms with van der Waals surface area (Å²) in [7, 11) is 0. The van der Waals surface area contributed by atoms with Gasteiger partial charge in [0.05, 0.1) is 6.04 Å². The molecule has 0 unspecified atom stereocenters. The number of rotatable bonds is 3. The van der Waals surface area contributed by atoms with E-state index in [9.17, 15) is 4.79 Å². The molecule has 1 aliphatic rings. The summed E-state index contributed by atoms with van der Waals surface area (Å²) in [5.74, 6) is 0. The first-order valence-electron chi connectivity index (χ1n) is 4.96.